The van der Waals surface area contributed by atoms with Gasteiger partial charge in [-0.3, -0.25) is 19.7 Å². The van der Waals surface area contributed by atoms with Crippen LogP contribution in [0.5, 0.6) is 0 Å². The van der Waals surface area contributed by atoms with Crippen molar-refractivity contribution in [1.29, 1.82) is 0 Å². The molecule has 170 valence electrons. The van der Waals surface area contributed by atoms with Crippen molar-refractivity contribution in [1.82, 2.24) is 0 Å². The van der Waals surface area contributed by atoms with Crippen molar-refractivity contribution >= 4 is 34.6 Å². The van der Waals surface area contributed by atoms with Gasteiger partial charge in [-0.2, -0.15) is 13.2 Å². The highest BCUT2D eigenvalue weighted by Gasteiger charge is 2.30. The summed E-state index contributed by atoms with van der Waals surface area (Å²) in [6, 6.07) is 13.7. The number of nitro benzene ring substituents is 1. The summed E-state index contributed by atoms with van der Waals surface area (Å²) in [5, 5.41) is 18.7. The Morgan fingerprint density at radius 1 is 0.879 bits per heavy atom. The zero-order valence-corrected chi connectivity index (χ0v) is 17.1. The van der Waals surface area contributed by atoms with Gasteiger partial charge in [-0.25, -0.2) is 0 Å². The SMILES string of the molecule is CNc1ccc([N+](=O)[O-])cc1C(=O)Nc1cccc(C(=O)Nc2cccc(C(F)(F)F)c2)c1. The standard InChI is InChI=1S/C22H17F3N4O4/c1-26-19-9-8-17(29(32)33)12-18(19)21(31)28-15-6-2-4-13(10-15)20(30)27-16-7-3-5-14(11-16)22(23,24)25/h2-12,26H,1H3,(H,27,30)(H,28,31). The number of carbonyl (C=O) groups is 2. The number of hydrogen-bond acceptors (Lipinski definition) is 5. The first kappa shape index (κ1) is 23.3. The topological polar surface area (TPSA) is 113 Å². The van der Waals surface area contributed by atoms with Crippen LogP contribution in [0.1, 0.15) is 26.3 Å². The quantitative estimate of drug-likeness (QED) is 0.349. The molecule has 0 aliphatic carbocycles. The number of benzene rings is 3. The first-order valence-corrected chi connectivity index (χ1v) is 9.44. The highest BCUT2D eigenvalue weighted by Crippen LogP contribution is 2.31. The molecule has 0 aromatic heterocycles. The summed E-state index contributed by atoms with van der Waals surface area (Å²) in [6.07, 6.45) is -4.55. The second kappa shape index (κ2) is 9.39. The minimum Gasteiger partial charge on any atom is -0.387 e. The Labute approximate surface area is 185 Å². The third-order valence-corrected chi connectivity index (χ3v) is 4.56. The van der Waals surface area contributed by atoms with Crippen LogP contribution < -0.4 is 16.0 Å². The first-order chi connectivity index (χ1) is 15.6. The number of rotatable bonds is 6. The zero-order chi connectivity index (χ0) is 24.2. The maximum absolute atomic E-state index is 12.9. The number of halogens is 3. The highest BCUT2D eigenvalue weighted by molar-refractivity contribution is 6.09. The number of anilines is 3. The Balaban J connectivity index is 1.79. The molecule has 3 rings (SSSR count). The summed E-state index contributed by atoms with van der Waals surface area (Å²) in [7, 11) is 1.55. The van der Waals surface area contributed by atoms with Gasteiger partial charge in [0.25, 0.3) is 17.5 Å². The molecule has 0 radical (unpaired) electrons. The molecule has 3 N–H and O–H groups in total. The van der Waals surface area contributed by atoms with E-state index >= 15 is 0 Å². The summed E-state index contributed by atoms with van der Waals surface area (Å²) in [4.78, 5) is 35.6. The van der Waals surface area contributed by atoms with Crippen LogP contribution >= 0.6 is 0 Å². The van der Waals surface area contributed by atoms with E-state index in [1.165, 1.54) is 48.5 Å². The molecular weight excluding hydrogens is 441 g/mol. The van der Waals surface area contributed by atoms with Crippen molar-refractivity contribution < 1.29 is 27.7 Å². The molecule has 0 bridgehead atoms. The van der Waals surface area contributed by atoms with E-state index in [-0.39, 0.29) is 28.2 Å². The van der Waals surface area contributed by atoms with Gasteiger partial charge in [0.15, 0.2) is 0 Å². The highest BCUT2D eigenvalue weighted by atomic mass is 19.4. The molecule has 3 aromatic rings. The lowest BCUT2D eigenvalue weighted by molar-refractivity contribution is -0.384. The van der Waals surface area contributed by atoms with Crippen LogP contribution in [-0.2, 0) is 6.18 Å². The van der Waals surface area contributed by atoms with Crippen molar-refractivity contribution in [3.63, 3.8) is 0 Å². The van der Waals surface area contributed by atoms with Gasteiger partial charge in [0.2, 0.25) is 0 Å². The predicted octanol–water partition coefficient (Wildman–Crippen LogP) is 5.16. The number of carbonyl (C=O) groups excluding carboxylic acids is 2. The van der Waals surface area contributed by atoms with Crippen LogP contribution in [0.4, 0.5) is 35.9 Å². The molecule has 0 aliphatic heterocycles. The van der Waals surface area contributed by atoms with E-state index in [4.69, 9.17) is 0 Å². The van der Waals surface area contributed by atoms with Crippen LogP contribution in [0.15, 0.2) is 66.7 Å². The van der Waals surface area contributed by atoms with Gasteiger partial charge in [-0.05, 0) is 42.5 Å². The third-order valence-electron chi connectivity index (χ3n) is 4.56. The summed E-state index contributed by atoms with van der Waals surface area (Å²) in [5.41, 5.74) is -0.545. The fourth-order valence-corrected chi connectivity index (χ4v) is 2.96. The number of nitrogens with one attached hydrogen (secondary N) is 3. The number of nitrogens with zero attached hydrogens (tertiary/aromatic N) is 1. The summed E-state index contributed by atoms with van der Waals surface area (Å²) >= 11 is 0. The zero-order valence-electron chi connectivity index (χ0n) is 17.1. The number of amides is 2. The molecule has 8 nitrogen and oxygen atoms in total. The molecule has 0 saturated heterocycles. The Bertz CT molecular complexity index is 1230. The van der Waals surface area contributed by atoms with E-state index in [1.54, 1.807) is 7.05 Å². The molecular formula is C22H17F3N4O4. The number of alkyl halides is 3. The molecule has 3 aromatic carbocycles. The lowest BCUT2D eigenvalue weighted by atomic mass is 10.1. The molecule has 0 atom stereocenters. The Hall–Kier alpha value is -4.41. The minimum absolute atomic E-state index is 0.0190. The molecule has 33 heavy (non-hydrogen) atoms. The van der Waals surface area contributed by atoms with Gasteiger partial charge in [-0.15, -0.1) is 0 Å². The van der Waals surface area contributed by atoms with Crippen molar-refractivity contribution in [2.45, 2.75) is 6.18 Å². The average molecular weight is 458 g/mol. The van der Waals surface area contributed by atoms with Crippen LogP contribution in [0.25, 0.3) is 0 Å². The van der Waals surface area contributed by atoms with Gasteiger partial charge in [0.1, 0.15) is 0 Å². The maximum Gasteiger partial charge on any atom is 0.416 e. The fourth-order valence-electron chi connectivity index (χ4n) is 2.96. The minimum atomic E-state index is -4.55. The molecule has 0 saturated carbocycles. The predicted molar refractivity (Wildman–Crippen MR) is 116 cm³/mol. The summed E-state index contributed by atoms with van der Waals surface area (Å²) < 4.78 is 38.6. The summed E-state index contributed by atoms with van der Waals surface area (Å²) in [5.74, 6) is -1.34. The van der Waals surface area contributed by atoms with Crippen molar-refractivity contribution in [3.05, 3.63) is 93.5 Å². The third kappa shape index (κ3) is 5.64. The molecule has 0 aliphatic rings. The average Bonchev–Trinajstić information content (AvgIpc) is 2.78. The van der Waals surface area contributed by atoms with E-state index in [9.17, 15) is 32.9 Å². The second-order valence-corrected chi connectivity index (χ2v) is 6.80. The van der Waals surface area contributed by atoms with Crippen LogP contribution in [0.3, 0.4) is 0 Å². The fraction of sp³-hybridized carbons (Fsp3) is 0.0909. The van der Waals surface area contributed by atoms with E-state index < -0.39 is 28.5 Å². The van der Waals surface area contributed by atoms with Gasteiger partial charge in [0.05, 0.1) is 16.1 Å². The Kier molecular flexibility index (Phi) is 6.61. The monoisotopic (exact) mass is 458 g/mol. The van der Waals surface area contributed by atoms with Crippen LogP contribution in [-0.4, -0.2) is 23.8 Å². The number of nitro groups is 1. The van der Waals surface area contributed by atoms with E-state index in [2.05, 4.69) is 16.0 Å². The number of non-ortho nitro benzene ring substituents is 1. The normalized spacial score (nSPS) is 10.9. The molecule has 11 heteroatoms. The first-order valence-electron chi connectivity index (χ1n) is 9.44. The van der Waals surface area contributed by atoms with Gasteiger partial charge in [-0.1, -0.05) is 12.1 Å². The largest absolute Gasteiger partial charge is 0.416 e. The van der Waals surface area contributed by atoms with Crippen molar-refractivity contribution in [3.8, 4) is 0 Å². The van der Waals surface area contributed by atoms with Crippen molar-refractivity contribution in [2.24, 2.45) is 0 Å². The van der Waals surface area contributed by atoms with E-state index in [0.717, 1.165) is 18.2 Å². The molecule has 0 fully saturated rings. The summed E-state index contributed by atoms with van der Waals surface area (Å²) in [6.45, 7) is 0. The smallest absolute Gasteiger partial charge is 0.387 e. The van der Waals surface area contributed by atoms with E-state index in [1.807, 2.05) is 0 Å². The van der Waals surface area contributed by atoms with Crippen LogP contribution in [0.2, 0.25) is 0 Å². The maximum atomic E-state index is 12.9. The lowest BCUT2D eigenvalue weighted by Gasteiger charge is -2.12. The lowest BCUT2D eigenvalue weighted by Crippen LogP contribution is -2.16. The van der Waals surface area contributed by atoms with Crippen LogP contribution in [0, 0.1) is 10.1 Å². The van der Waals surface area contributed by atoms with Gasteiger partial charge < -0.3 is 16.0 Å². The van der Waals surface area contributed by atoms with Gasteiger partial charge in [0, 0.05) is 41.8 Å². The molecule has 0 spiro atoms. The Morgan fingerprint density at radius 2 is 1.52 bits per heavy atom. The van der Waals surface area contributed by atoms with Gasteiger partial charge >= 0.3 is 6.18 Å². The number of hydrogen-bond donors (Lipinski definition) is 3. The molecule has 2 amide bonds. The molecule has 0 heterocycles. The second-order valence-electron chi connectivity index (χ2n) is 6.80. The molecule has 0 unspecified atom stereocenters. The van der Waals surface area contributed by atoms with Crippen molar-refractivity contribution in [2.75, 3.05) is 23.0 Å². The van der Waals surface area contributed by atoms with E-state index in [0.29, 0.717) is 5.69 Å². The Morgan fingerprint density at radius 3 is 2.15 bits per heavy atom.